The highest BCUT2D eigenvalue weighted by molar-refractivity contribution is 5.70. The van der Waals surface area contributed by atoms with Crippen molar-refractivity contribution < 1.29 is 19.2 Å². The maximum absolute atomic E-state index is 11.5. The second-order valence-electron chi connectivity index (χ2n) is 5.63. The molecule has 2 aromatic carbocycles. The van der Waals surface area contributed by atoms with Crippen LogP contribution in [0.25, 0.3) is 0 Å². The van der Waals surface area contributed by atoms with E-state index in [2.05, 4.69) is 5.32 Å². The molecule has 0 spiro atoms. The van der Waals surface area contributed by atoms with Crippen molar-refractivity contribution in [2.24, 2.45) is 0 Å². The second kappa shape index (κ2) is 7.21. The molecule has 7 nitrogen and oxygen atoms in total. The zero-order chi connectivity index (χ0) is 17.8. The molecule has 25 heavy (non-hydrogen) atoms. The van der Waals surface area contributed by atoms with Crippen LogP contribution in [0.2, 0.25) is 0 Å². The van der Waals surface area contributed by atoms with Crippen molar-refractivity contribution in [1.29, 1.82) is 0 Å². The molecule has 0 saturated carbocycles. The number of nitrogens with one attached hydrogen (secondary N) is 1. The SMILES string of the molecule is CCOC(=O)CCc1ccc2c(c1)N[C@@H](c1cccc([N+](=O)[O-])c1)O2. The molecule has 3 rings (SSSR count). The van der Waals surface area contributed by atoms with Crippen LogP contribution >= 0.6 is 0 Å². The summed E-state index contributed by atoms with van der Waals surface area (Å²) in [6.45, 7) is 2.16. The molecule has 1 heterocycles. The van der Waals surface area contributed by atoms with Gasteiger partial charge in [0.1, 0.15) is 5.75 Å². The van der Waals surface area contributed by atoms with Gasteiger partial charge in [0, 0.05) is 24.1 Å². The molecule has 0 amide bonds. The topological polar surface area (TPSA) is 90.7 Å². The summed E-state index contributed by atoms with van der Waals surface area (Å²) >= 11 is 0. The summed E-state index contributed by atoms with van der Waals surface area (Å²) in [5.41, 5.74) is 2.49. The Balaban J connectivity index is 1.69. The summed E-state index contributed by atoms with van der Waals surface area (Å²) in [6.07, 6.45) is 0.423. The summed E-state index contributed by atoms with van der Waals surface area (Å²) in [6, 6.07) is 12.0. The molecule has 0 saturated heterocycles. The molecule has 0 radical (unpaired) electrons. The van der Waals surface area contributed by atoms with Crippen molar-refractivity contribution in [3.8, 4) is 5.75 Å². The minimum absolute atomic E-state index is 0.0222. The van der Waals surface area contributed by atoms with E-state index in [1.165, 1.54) is 12.1 Å². The number of aryl methyl sites for hydroxylation is 1. The summed E-state index contributed by atoms with van der Waals surface area (Å²) in [5.74, 6) is 0.457. The van der Waals surface area contributed by atoms with E-state index in [1.54, 1.807) is 19.1 Å². The average Bonchev–Trinajstić information content (AvgIpc) is 3.03. The number of anilines is 1. The van der Waals surface area contributed by atoms with Crippen molar-refractivity contribution in [3.63, 3.8) is 0 Å². The van der Waals surface area contributed by atoms with Gasteiger partial charge in [0.15, 0.2) is 6.23 Å². The molecule has 1 aliphatic heterocycles. The summed E-state index contributed by atoms with van der Waals surface area (Å²) in [5, 5.41) is 14.1. The molecule has 7 heteroatoms. The summed E-state index contributed by atoms with van der Waals surface area (Å²) in [7, 11) is 0. The van der Waals surface area contributed by atoms with Gasteiger partial charge in [0.05, 0.1) is 17.2 Å². The van der Waals surface area contributed by atoms with E-state index in [0.29, 0.717) is 30.8 Å². The number of ether oxygens (including phenoxy) is 2. The molecular weight excluding hydrogens is 324 g/mol. The first-order valence-corrected chi connectivity index (χ1v) is 8.03. The minimum Gasteiger partial charge on any atom is -0.466 e. The number of benzene rings is 2. The van der Waals surface area contributed by atoms with Gasteiger partial charge in [-0.15, -0.1) is 0 Å². The Hall–Kier alpha value is -3.09. The Bertz CT molecular complexity index is 806. The molecule has 1 aliphatic rings. The number of esters is 1. The van der Waals surface area contributed by atoms with Gasteiger partial charge in [0.25, 0.3) is 5.69 Å². The second-order valence-corrected chi connectivity index (χ2v) is 5.63. The maximum Gasteiger partial charge on any atom is 0.306 e. The number of hydrogen-bond acceptors (Lipinski definition) is 6. The number of nitro benzene ring substituents is 1. The van der Waals surface area contributed by atoms with Gasteiger partial charge in [-0.2, -0.15) is 0 Å². The van der Waals surface area contributed by atoms with E-state index in [-0.39, 0.29) is 11.7 Å². The van der Waals surface area contributed by atoms with Crippen LogP contribution in [0, 0.1) is 10.1 Å². The number of carbonyl (C=O) groups is 1. The number of nitrogens with zero attached hydrogens (tertiary/aromatic N) is 1. The Kier molecular flexibility index (Phi) is 4.83. The standard InChI is InChI=1S/C18H18N2O5/c1-2-24-17(21)9-7-12-6-8-16-15(10-12)19-18(25-16)13-4-3-5-14(11-13)20(22)23/h3-6,8,10-11,18-19H,2,7,9H2,1H3/t18-/m1/s1. The molecule has 130 valence electrons. The number of carbonyl (C=O) groups excluding carboxylic acids is 1. The third kappa shape index (κ3) is 3.88. The first-order chi connectivity index (χ1) is 12.1. The number of non-ortho nitro benzene ring substituents is 1. The molecule has 0 bridgehead atoms. The highest BCUT2D eigenvalue weighted by atomic mass is 16.6. The zero-order valence-electron chi connectivity index (χ0n) is 13.7. The molecule has 0 aromatic heterocycles. The lowest BCUT2D eigenvalue weighted by Gasteiger charge is -2.11. The monoisotopic (exact) mass is 342 g/mol. The van der Waals surface area contributed by atoms with Gasteiger partial charge < -0.3 is 14.8 Å². The highest BCUT2D eigenvalue weighted by Crippen LogP contribution is 2.39. The molecular formula is C18H18N2O5. The molecule has 0 aliphatic carbocycles. The molecule has 2 aromatic rings. The van der Waals surface area contributed by atoms with Crippen molar-refractivity contribution in [1.82, 2.24) is 0 Å². The highest BCUT2D eigenvalue weighted by Gasteiger charge is 2.24. The minimum atomic E-state index is -0.477. The average molecular weight is 342 g/mol. The number of nitro groups is 1. The lowest BCUT2D eigenvalue weighted by atomic mass is 10.1. The van der Waals surface area contributed by atoms with Crippen LogP contribution in [-0.2, 0) is 16.0 Å². The largest absolute Gasteiger partial charge is 0.466 e. The van der Waals surface area contributed by atoms with Crippen molar-refractivity contribution in [2.45, 2.75) is 26.0 Å². The number of fused-ring (bicyclic) bond motifs is 1. The van der Waals surface area contributed by atoms with Gasteiger partial charge in [0.2, 0.25) is 0 Å². The fraction of sp³-hybridized carbons (Fsp3) is 0.278. The third-order valence-electron chi connectivity index (χ3n) is 3.88. The van der Waals surface area contributed by atoms with Crippen molar-refractivity contribution in [2.75, 3.05) is 11.9 Å². The Labute approximate surface area is 144 Å². The first kappa shape index (κ1) is 16.8. The van der Waals surface area contributed by atoms with E-state index in [1.807, 2.05) is 18.2 Å². The van der Waals surface area contributed by atoms with Gasteiger partial charge in [-0.1, -0.05) is 18.2 Å². The summed E-state index contributed by atoms with van der Waals surface area (Å²) < 4.78 is 10.7. The van der Waals surface area contributed by atoms with Gasteiger partial charge >= 0.3 is 5.97 Å². The van der Waals surface area contributed by atoms with E-state index in [4.69, 9.17) is 9.47 Å². The smallest absolute Gasteiger partial charge is 0.306 e. The lowest BCUT2D eigenvalue weighted by molar-refractivity contribution is -0.385. The lowest BCUT2D eigenvalue weighted by Crippen LogP contribution is -2.10. The third-order valence-corrected chi connectivity index (χ3v) is 3.88. The van der Waals surface area contributed by atoms with Gasteiger partial charge in [-0.05, 0) is 31.0 Å². The van der Waals surface area contributed by atoms with E-state index >= 15 is 0 Å². The Morgan fingerprint density at radius 1 is 1.32 bits per heavy atom. The maximum atomic E-state index is 11.5. The van der Waals surface area contributed by atoms with Crippen LogP contribution in [0.3, 0.4) is 0 Å². The van der Waals surface area contributed by atoms with Crippen LogP contribution in [0.4, 0.5) is 11.4 Å². The van der Waals surface area contributed by atoms with Crippen LogP contribution in [0.15, 0.2) is 42.5 Å². The van der Waals surface area contributed by atoms with Crippen molar-refractivity contribution in [3.05, 3.63) is 63.7 Å². The molecule has 0 fully saturated rings. The van der Waals surface area contributed by atoms with E-state index in [9.17, 15) is 14.9 Å². The number of hydrogen-bond donors (Lipinski definition) is 1. The summed E-state index contributed by atoms with van der Waals surface area (Å²) in [4.78, 5) is 21.9. The zero-order valence-corrected chi connectivity index (χ0v) is 13.7. The van der Waals surface area contributed by atoms with E-state index < -0.39 is 11.2 Å². The Morgan fingerprint density at radius 2 is 2.16 bits per heavy atom. The van der Waals surface area contributed by atoms with Crippen LogP contribution in [0.1, 0.15) is 30.7 Å². The van der Waals surface area contributed by atoms with Crippen molar-refractivity contribution >= 4 is 17.3 Å². The number of rotatable bonds is 6. The van der Waals surface area contributed by atoms with Crippen LogP contribution < -0.4 is 10.1 Å². The normalized spacial score (nSPS) is 15.0. The predicted molar refractivity (Wildman–Crippen MR) is 91.5 cm³/mol. The van der Waals surface area contributed by atoms with Gasteiger partial charge in [-0.3, -0.25) is 14.9 Å². The fourth-order valence-electron chi connectivity index (χ4n) is 2.68. The van der Waals surface area contributed by atoms with Gasteiger partial charge in [-0.25, -0.2) is 0 Å². The van der Waals surface area contributed by atoms with Crippen LogP contribution in [-0.4, -0.2) is 17.5 Å². The van der Waals surface area contributed by atoms with Crippen LogP contribution in [0.5, 0.6) is 5.75 Å². The Morgan fingerprint density at radius 3 is 2.92 bits per heavy atom. The van der Waals surface area contributed by atoms with E-state index in [0.717, 1.165) is 11.3 Å². The quantitative estimate of drug-likeness (QED) is 0.490. The predicted octanol–water partition coefficient (Wildman–Crippen LogP) is 3.59. The fourth-order valence-corrected chi connectivity index (χ4v) is 2.68. The molecule has 1 N–H and O–H groups in total. The first-order valence-electron chi connectivity index (χ1n) is 8.03. The molecule has 0 unspecified atom stereocenters. The molecule has 1 atom stereocenters.